The molecule has 5 aromatic rings. The molecule has 0 aliphatic rings. The van der Waals surface area contributed by atoms with Gasteiger partial charge in [-0.2, -0.15) is 4.98 Å². The summed E-state index contributed by atoms with van der Waals surface area (Å²) in [6.07, 6.45) is 5.03. The van der Waals surface area contributed by atoms with Crippen LogP contribution in [0.15, 0.2) is 30.6 Å². The lowest BCUT2D eigenvalue weighted by Gasteiger charge is -2.22. The molecule has 14 nitrogen and oxygen atoms in total. The second-order valence-electron chi connectivity index (χ2n) is 13.7. The summed E-state index contributed by atoms with van der Waals surface area (Å²) in [6.45, 7) is 6.44. The number of carbonyl (C=O) groups is 2. The van der Waals surface area contributed by atoms with Crippen LogP contribution in [0.25, 0.3) is 22.1 Å². The maximum atomic E-state index is 12.9. The summed E-state index contributed by atoms with van der Waals surface area (Å²) in [4.78, 5) is 48.9. The van der Waals surface area contributed by atoms with Gasteiger partial charge < -0.3 is 39.0 Å². The van der Waals surface area contributed by atoms with Gasteiger partial charge in [-0.05, 0) is 38.5 Å². The number of ether oxygens (including phenoxy) is 2. The van der Waals surface area contributed by atoms with E-state index in [2.05, 4.69) is 54.5 Å². The van der Waals surface area contributed by atoms with Gasteiger partial charge in [0, 0.05) is 108 Å². The predicted octanol–water partition coefficient (Wildman–Crippen LogP) is 6.20. The summed E-state index contributed by atoms with van der Waals surface area (Å²) in [7, 11) is 6.99. The predicted molar refractivity (Wildman–Crippen MR) is 227 cm³/mol. The Bertz CT molecular complexity index is 2280. The van der Waals surface area contributed by atoms with Crippen molar-refractivity contribution in [3.63, 3.8) is 0 Å². The third-order valence-corrected chi connectivity index (χ3v) is 10.4. The molecule has 17 heteroatoms. The zero-order chi connectivity index (χ0) is 41.2. The van der Waals surface area contributed by atoms with E-state index in [0.29, 0.717) is 80.3 Å². The molecule has 0 saturated heterocycles. The number of amides is 2. The minimum atomic E-state index is -0.504. The zero-order valence-electron chi connectivity index (χ0n) is 33.2. The van der Waals surface area contributed by atoms with Crippen molar-refractivity contribution in [1.29, 1.82) is 0 Å². The van der Waals surface area contributed by atoms with E-state index in [1.54, 1.807) is 32.3 Å². The Hall–Kier alpha value is -4.97. The van der Waals surface area contributed by atoms with Gasteiger partial charge in [0.05, 0.1) is 41.3 Å². The van der Waals surface area contributed by atoms with Gasteiger partial charge in [-0.1, -0.05) is 23.4 Å². The van der Waals surface area contributed by atoms with Crippen LogP contribution in [0.3, 0.4) is 0 Å². The van der Waals surface area contributed by atoms with E-state index in [0.717, 1.165) is 45.1 Å². The van der Waals surface area contributed by atoms with Gasteiger partial charge in [0.15, 0.2) is 0 Å². The molecular formula is C40H49Cl3N10O4. The molecule has 2 amide bonds. The second-order valence-corrected chi connectivity index (χ2v) is 14.8. The van der Waals surface area contributed by atoms with E-state index in [1.165, 1.54) is 4.90 Å². The fourth-order valence-electron chi connectivity index (χ4n) is 6.56. The van der Waals surface area contributed by atoms with Gasteiger partial charge in [0.25, 0.3) is 0 Å². The smallest absolute Gasteiger partial charge is 0.409 e. The van der Waals surface area contributed by atoms with Crippen LogP contribution in [-0.2, 0) is 29.5 Å². The van der Waals surface area contributed by atoms with Gasteiger partial charge >= 0.3 is 6.09 Å². The molecule has 0 fully saturated rings. The Morgan fingerprint density at radius 1 is 1.02 bits per heavy atom. The lowest BCUT2D eigenvalue weighted by atomic mass is 10.1. The maximum Gasteiger partial charge on any atom is 0.409 e. The number of halogens is 3. The highest BCUT2D eigenvalue weighted by molar-refractivity contribution is 6.34. The van der Waals surface area contributed by atoms with Gasteiger partial charge in [0.1, 0.15) is 29.0 Å². The number of hydrogen-bond donors (Lipinski definition) is 1. The highest BCUT2D eigenvalue weighted by Crippen LogP contribution is 2.30. The summed E-state index contributed by atoms with van der Waals surface area (Å²) in [5.74, 6) is 8.91. The van der Waals surface area contributed by atoms with Crippen molar-refractivity contribution >= 4 is 80.5 Å². The molecule has 0 radical (unpaired) electrons. The number of carbonyl (C=O) groups excluding carboxylic acids is 2. The first-order chi connectivity index (χ1) is 27.4. The van der Waals surface area contributed by atoms with Crippen LogP contribution in [0.2, 0.25) is 5.15 Å². The van der Waals surface area contributed by atoms with Crippen molar-refractivity contribution < 1.29 is 19.1 Å². The molecule has 0 saturated carbocycles. The highest BCUT2D eigenvalue weighted by atomic mass is 35.5. The Labute approximate surface area is 348 Å². The number of alkyl halides is 2. The summed E-state index contributed by atoms with van der Waals surface area (Å²) in [5, 5.41) is 0.757. The highest BCUT2D eigenvalue weighted by Gasteiger charge is 2.19. The van der Waals surface area contributed by atoms with E-state index in [4.69, 9.17) is 55.0 Å². The van der Waals surface area contributed by atoms with Gasteiger partial charge in [-0.3, -0.25) is 9.78 Å². The van der Waals surface area contributed by atoms with E-state index in [-0.39, 0.29) is 30.0 Å². The molecular weight excluding hydrogens is 791 g/mol. The van der Waals surface area contributed by atoms with Gasteiger partial charge in [-0.25, -0.2) is 14.8 Å². The van der Waals surface area contributed by atoms with Crippen LogP contribution in [0, 0.1) is 25.7 Å². The molecule has 0 aliphatic heterocycles. The van der Waals surface area contributed by atoms with Gasteiger partial charge in [-0.15, -0.1) is 23.2 Å². The SMILES string of the molecule is COc1c(C)cnc(Cn2cc(C#CCCOC(=O)N(C)CCN(C)C(=O)CCCc3nc4cc(N(CCCl)CCCl)ccc4n3C)c3c(Cl)nc(N)nc32)c1C. The number of aromatic nitrogens is 6. The third kappa shape index (κ3) is 10.5. The molecule has 0 bridgehead atoms. The average Bonchev–Trinajstić information content (AvgIpc) is 3.69. The molecule has 2 N–H and O–H groups in total. The van der Waals surface area contributed by atoms with Crippen molar-refractivity contribution in [2.45, 2.75) is 46.1 Å². The normalized spacial score (nSPS) is 11.1. The van der Waals surface area contributed by atoms with Crippen LogP contribution >= 0.6 is 34.8 Å². The number of aryl methyl sites for hydroxylation is 3. The lowest BCUT2D eigenvalue weighted by molar-refractivity contribution is -0.130. The van der Waals surface area contributed by atoms with Crippen LogP contribution in [-0.4, -0.2) is 117 Å². The van der Waals surface area contributed by atoms with E-state index < -0.39 is 6.09 Å². The first-order valence-corrected chi connectivity index (χ1v) is 20.0. The maximum absolute atomic E-state index is 12.9. The lowest BCUT2D eigenvalue weighted by Crippen LogP contribution is -2.37. The Kier molecular flexibility index (Phi) is 15.1. The van der Waals surface area contributed by atoms with Gasteiger partial charge in [0.2, 0.25) is 11.9 Å². The number of methoxy groups -OCH3 is 1. The largest absolute Gasteiger partial charge is 0.496 e. The number of nitrogens with two attached hydrogens (primary N) is 1. The first-order valence-electron chi connectivity index (χ1n) is 18.6. The number of pyridine rings is 1. The van der Waals surface area contributed by atoms with Crippen LogP contribution < -0.4 is 15.4 Å². The standard InChI is InChI=1S/C40H49Cl3N10O4/c1-26-23-45-31(27(2)36(26)56-6)25-53-24-28(35-37(43)47-39(44)48-38(35)53)10-7-8-21-57-40(55)50(4)20-19-49(3)34(54)12-9-11-33-46-30-22-29(13-14-32(30)51(33)5)52(17-15-41)18-16-42/h13-14,22-24H,8-9,11-12,15-21,25H2,1-6H3,(H2,44,47,48). The summed E-state index contributed by atoms with van der Waals surface area (Å²) in [5.41, 5.74) is 12.7. The molecule has 4 aromatic heterocycles. The van der Waals surface area contributed by atoms with E-state index >= 15 is 0 Å². The summed E-state index contributed by atoms with van der Waals surface area (Å²) in [6, 6.07) is 6.17. The molecule has 1 aromatic carbocycles. The molecule has 57 heavy (non-hydrogen) atoms. The number of likely N-dealkylation sites (N-methyl/N-ethyl adjacent to an activating group) is 2. The van der Waals surface area contributed by atoms with Crippen LogP contribution in [0.1, 0.15) is 47.5 Å². The Morgan fingerprint density at radius 2 is 1.75 bits per heavy atom. The number of nitrogens with zero attached hydrogens (tertiary/aromatic N) is 9. The molecule has 5 rings (SSSR count). The molecule has 0 spiro atoms. The minimum absolute atomic E-state index is 0.00887. The fraction of sp³-hybridized carbons (Fsp3) is 0.450. The molecule has 0 aliphatic carbocycles. The van der Waals surface area contributed by atoms with E-state index in [1.807, 2.05) is 31.7 Å². The monoisotopic (exact) mass is 838 g/mol. The van der Waals surface area contributed by atoms with Crippen molar-refractivity contribution in [2.75, 3.05) is 76.4 Å². The van der Waals surface area contributed by atoms with Crippen LogP contribution in [0.4, 0.5) is 16.4 Å². The quantitative estimate of drug-likeness (QED) is 0.0497. The number of benzene rings is 1. The molecule has 0 unspecified atom stereocenters. The number of nitrogen functional groups attached to an aromatic ring is 1. The van der Waals surface area contributed by atoms with Crippen molar-refractivity contribution in [1.82, 2.24) is 38.9 Å². The number of imidazole rings is 1. The minimum Gasteiger partial charge on any atom is -0.496 e. The zero-order valence-corrected chi connectivity index (χ0v) is 35.5. The average molecular weight is 840 g/mol. The fourth-order valence-corrected chi connectivity index (χ4v) is 7.24. The molecule has 0 atom stereocenters. The Morgan fingerprint density at radius 3 is 2.47 bits per heavy atom. The van der Waals surface area contributed by atoms with Crippen molar-refractivity contribution in [3.8, 4) is 17.6 Å². The molecule has 4 heterocycles. The third-order valence-electron chi connectivity index (χ3n) is 9.77. The number of fused-ring (bicyclic) bond motifs is 2. The number of anilines is 2. The second kappa shape index (κ2) is 19.9. The number of hydrogen-bond acceptors (Lipinski definition) is 10. The van der Waals surface area contributed by atoms with Crippen LogP contribution in [0.5, 0.6) is 5.75 Å². The van der Waals surface area contributed by atoms with Crippen molar-refractivity contribution in [3.05, 3.63) is 64.0 Å². The number of rotatable bonds is 17. The first kappa shape index (κ1) is 43.2. The molecule has 304 valence electrons. The Balaban J connectivity index is 1.08. The summed E-state index contributed by atoms with van der Waals surface area (Å²) < 4.78 is 15.0. The topological polar surface area (TPSA) is 150 Å². The summed E-state index contributed by atoms with van der Waals surface area (Å²) >= 11 is 18.5. The van der Waals surface area contributed by atoms with Crippen molar-refractivity contribution in [2.24, 2.45) is 7.05 Å². The van der Waals surface area contributed by atoms with E-state index in [9.17, 15) is 9.59 Å².